The highest BCUT2D eigenvalue weighted by Gasteiger charge is 2.59. The minimum absolute atomic E-state index is 0.0895. The molecule has 2 aromatic carbocycles. The van der Waals surface area contributed by atoms with E-state index in [0.717, 1.165) is 16.8 Å². The summed E-state index contributed by atoms with van der Waals surface area (Å²) in [6, 6.07) is 17.7. The molecule has 32 heavy (non-hydrogen) atoms. The molecular weight excluding hydrogens is 406 g/mol. The lowest BCUT2D eigenvalue weighted by Gasteiger charge is -2.34. The molecule has 1 N–H and O–H groups in total. The van der Waals surface area contributed by atoms with Crippen molar-refractivity contribution in [2.24, 2.45) is 7.05 Å². The first kappa shape index (κ1) is 20.1. The van der Waals surface area contributed by atoms with Crippen LogP contribution in [0.2, 0.25) is 0 Å². The second-order valence-electron chi connectivity index (χ2n) is 8.24. The molecule has 7 heteroatoms. The molecule has 5 rings (SSSR count). The number of aromatic nitrogens is 1. The first-order chi connectivity index (χ1) is 15.5. The number of nitrogens with one attached hydrogen (secondary N) is 1. The predicted octanol–water partition coefficient (Wildman–Crippen LogP) is 2.87. The Kier molecular flexibility index (Phi) is 4.62. The Hall–Kier alpha value is -3.87. The van der Waals surface area contributed by atoms with Gasteiger partial charge in [-0.2, -0.15) is 0 Å². The summed E-state index contributed by atoms with van der Waals surface area (Å²) in [6.07, 6.45) is 2.07. The van der Waals surface area contributed by atoms with Gasteiger partial charge in [-0.15, -0.1) is 0 Å². The number of hydrogen-bond donors (Lipinski definition) is 1. The lowest BCUT2D eigenvalue weighted by molar-refractivity contribution is -0.121. The average molecular weight is 429 g/mol. The van der Waals surface area contributed by atoms with Crippen molar-refractivity contribution in [3.05, 3.63) is 93.9 Å². The number of carbonyl (C=O) groups is 2. The molecule has 162 valence electrons. The highest BCUT2D eigenvalue weighted by Crippen LogP contribution is 2.55. The molecule has 0 bridgehead atoms. The molecule has 0 unspecified atom stereocenters. The van der Waals surface area contributed by atoms with Gasteiger partial charge in [-0.3, -0.25) is 14.4 Å². The fraction of sp³-hybridized carbons (Fsp3) is 0.240. The minimum Gasteiger partial charge on any atom is -0.497 e. The number of nitrogens with zero attached hydrogens (tertiary/aromatic N) is 2. The number of carbonyl (C=O) groups excluding carboxylic acids is 2. The summed E-state index contributed by atoms with van der Waals surface area (Å²) in [6.45, 7) is 0.348. The van der Waals surface area contributed by atoms with Crippen LogP contribution in [-0.2, 0) is 17.3 Å². The van der Waals surface area contributed by atoms with Gasteiger partial charge in [0.15, 0.2) is 0 Å². The third-order valence-electron chi connectivity index (χ3n) is 6.61. The predicted molar refractivity (Wildman–Crippen MR) is 120 cm³/mol. The van der Waals surface area contributed by atoms with Gasteiger partial charge in [-0.05, 0) is 47.9 Å². The Morgan fingerprint density at radius 2 is 1.91 bits per heavy atom. The van der Waals surface area contributed by atoms with E-state index in [1.807, 2.05) is 48.5 Å². The molecule has 7 nitrogen and oxygen atoms in total. The van der Waals surface area contributed by atoms with Crippen molar-refractivity contribution in [2.75, 3.05) is 19.0 Å². The van der Waals surface area contributed by atoms with Crippen molar-refractivity contribution < 1.29 is 14.3 Å². The van der Waals surface area contributed by atoms with Gasteiger partial charge >= 0.3 is 0 Å². The van der Waals surface area contributed by atoms with Crippen LogP contribution in [0.1, 0.15) is 33.9 Å². The number of aryl methyl sites for hydroxylation is 1. The highest BCUT2D eigenvalue weighted by molar-refractivity contribution is 6.08. The standard InChI is InChI=1S/C25H23N3O4/c1-27-13-6-9-18(22(27)29)23(30)28-14-12-25(19-10-3-4-11-20(19)26-24(25)31)21(28)16-7-5-8-17(15-16)32-2/h3-11,13,15,21H,12,14H2,1-2H3,(H,26,31)/t21-,25+/m0/s1. The number of methoxy groups -OCH3 is 1. The Labute approximate surface area is 185 Å². The SMILES string of the molecule is COc1cccc([C@@H]2N(C(=O)c3cccn(C)c3=O)CC[C@]23C(=O)Nc2ccccc23)c1. The number of para-hydroxylation sites is 1. The summed E-state index contributed by atoms with van der Waals surface area (Å²) in [5, 5.41) is 3.00. The Balaban J connectivity index is 1.70. The van der Waals surface area contributed by atoms with Crippen LogP contribution in [-0.4, -0.2) is 34.9 Å². The van der Waals surface area contributed by atoms with E-state index in [9.17, 15) is 14.4 Å². The summed E-state index contributed by atoms with van der Waals surface area (Å²) in [5.41, 5.74) is 1.20. The molecule has 2 aliphatic rings. The summed E-state index contributed by atoms with van der Waals surface area (Å²) in [7, 11) is 3.20. The topological polar surface area (TPSA) is 80.6 Å². The van der Waals surface area contributed by atoms with Crippen LogP contribution in [0.3, 0.4) is 0 Å². The largest absolute Gasteiger partial charge is 0.497 e. The normalized spacial score (nSPS) is 21.5. The third-order valence-corrected chi connectivity index (χ3v) is 6.61. The van der Waals surface area contributed by atoms with E-state index in [4.69, 9.17) is 4.74 Å². The molecular formula is C25H23N3O4. The van der Waals surface area contributed by atoms with Crippen LogP contribution in [0.25, 0.3) is 0 Å². The van der Waals surface area contributed by atoms with Gasteiger partial charge < -0.3 is 19.5 Å². The summed E-state index contributed by atoms with van der Waals surface area (Å²) in [5.74, 6) is 0.120. The number of amides is 2. The minimum atomic E-state index is -0.946. The quantitative estimate of drug-likeness (QED) is 0.694. The van der Waals surface area contributed by atoms with Gasteiger partial charge in [0.05, 0.1) is 13.2 Å². The third kappa shape index (κ3) is 2.77. The molecule has 1 saturated heterocycles. The molecule has 2 atom stereocenters. The van der Waals surface area contributed by atoms with E-state index >= 15 is 0 Å². The van der Waals surface area contributed by atoms with Gasteiger partial charge in [-0.1, -0.05) is 30.3 Å². The molecule has 3 heterocycles. The maximum atomic E-state index is 13.7. The van der Waals surface area contributed by atoms with E-state index < -0.39 is 11.5 Å². The number of anilines is 1. The van der Waals surface area contributed by atoms with Crippen molar-refractivity contribution >= 4 is 17.5 Å². The Morgan fingerprint density at radius 3 is 2.72 bits per heavy atom. The van der Waals surface area contributed by atoms with Gasteiger partial charge in [0.2, 0.25) is 5.91 Å². The van der Waals surface area contributed by atoms with E-state index in [-0.39, 0.29) is 22.9 Å². The highest BCUT2D eigenvalue weighted by atomic mass is 16.5. The first-order valence-electron chi connectivity index (χ1n) is 10.5. The zero-order valence-corrected chi connectivity index (χ0v) is 17.9. The average Bonchev–Trinajstić information content (AvgIpc) is 3.34. The molecule has 1 fully saturated rings. The van der Waals surface area contributed by atoms with E-state index in [1.165, 1.54) is 4.57 Å². The number of rotatable bonds is 3. The molecule has 1 aromatic heterocycles. The van der Waals surface area contributed by atoms with Gasteiger partial charge in [0, 0.05) is 25.5 Å². The van der Waals surface area contributed by atoms with Gasteiger partial charge in [-0.25, -0.2) is 0 Å². The first-order valence-corrected chi connectivity index (χ1v) is 10.5. The van der Waals surface area contributed by atoms with E-state index in [0.29, 0.717) is 18.7 Å². The number of fused-ring (bicyclic) bond motifs is 2. The van der Waals surface area contributed by atoms with E-state index in [2.05, 4.69) is 5.32 Å². The molecule has 0 radical (unpaired) electrons. The van der Waals surface area contributed by atoms with Crippen molar-refractivity contribution in [1.82, 2.24) is 9.47 Å². The Bertz CT molecular complexity index is 1300. The molecule has 2 aliphatic heterocycles. The van der Waals surface area contributed by atoms with Crippen molar-refractivity contribution in [2.45, 2.75) is 17.9 Å². The molecule has 0 saturated carbocycles. The van der Waals surface area contributed by atoms with Crippen LogP contribution in [0.5, 0.6) is 5.75 Å². The second kappa shape index (κ2) is 7.37. The monoisotopic (exact) mass is 429 g/mol. The zero-order chi connectivity index (χ0) is 22.5. The lowest BCUT2D eigenvalue weighted by atomic mass is 9.72. The summed E-state index contributed by atoms with van der Waals surface area (Å²) in [4.78, 5) is 41.5. The van der Waals surface area contributed by atoms with Crippen molar-refractivity contribution in [1.29, 1.82) is 0 Å². The van der Waals surface area contributed by atoms with Gasteiger partial charge in [0.1, 0.15) is 16.7 Å². The summed E-state index contributed by atoms with van der Waals surface area (Å²) >= 11 is 0. The maximum absolute atomic E-state index is 13.7. The number of benzene rings is 2. The van der Waals surface area contributed by atoms with Crippen molar-refractivity contribution in [3.8, 4) is 5.75 Å². The summed E-state index contributed by atoms with van der Waals surface area (Å²) < 4.78 is 6.81. The van der Waals surface area contributed by atoms with Crippen LogP contribution in [0.4, 0.5) is 5.69 Å². The van der Waals surface area contributed by atoms with Crippen molar-refractivity contribution in [3.63, 3.8) is 0 Å². The number of pyridine rings is 1. The molecule has 1 spiro atoms. The van der Waals surface area contributed by atoms with Gasteiger partial charge in [0.25, 0.3) is 11.5 Å². The van der Waals surface area contributed by atoms with Crippen LogP contribution < -0.4 is 15.6 Å². The number of hydrogen-bond acceptors (Lipinski definition) is 4. The Morgan fingerprint density at radius 1 is 1.09 bits per heavy atom. The smallest absolute Gasteiger partial charge is 0.263 e. The fourth-order valence-corrected chi connectivity index (χ4v) is 5.10. The zero-order valence-electron chi connectivity index (χ0n) is 17.9. The molecule has 0 aliphatic carbocycles. The van der Waals surface area contributed by atoms with Crippen LogP contribution in [0, 0.1) is 0 Å². The molecule has 2 amide bonds. The number of ether oxygens (including phenoxy) is 1. The lowest BCUT2D eigenvalue weighted by Crippen LogP contribution is -2.43. The maximum Gasteiger partial charge on any atom is 0.263 e. The molecule has 3 aromatic rings. The second-order valence-corrected chi connectivity index (χ2v) is 8.24. The number of likely N-dealkylation sites (tertiary alicyclic amines) is 1. The van der Waals surface area contributed by atoms with Crippen LogP contribution in [0.15, 0.2) is 71.7 Å². The van der Waals surface area contributed by atoms with E-state index in [1.54, 1.807) is 37.4 Å². The van der Waals surface area contributed by atoms with Crippen LogP contribution >= 0.6 is 0 Å². The fourth-order valence-electron chi connectivity index (χ4n) is 5.10.